The summed E-state index contributed by atoms with van der Waals surface area (Å²) in [6, 6.07) is 64.4. The van der Waals surface area contributed by atoms with Crippen molar-refractivity contribution < 1.29 is 0 Å². The van der Waals surface area contributed by atoms with E-state index in [1.54, 1.807) is 0 Å². The minimum atomic E-state index is 0.678. The zero-order valence-corrected chi connectivity index (χ0v) is 30.5. The number of hydrogen-bond acceptors (Lipinski definition) is 2. The summed E-state index contributed by atoms with van der Waals surface area (Å²) in [5.41, 5.74) is 14.3. The van der Waals surface area contributed by atoms with Gasteiger partial charge in [-0.15, -0.1) is 0 Å². The third-order valence-corrected chi connectivity index (χ3v) is 9.17. The monoisotopic (exact) mass is 692 g/mol. The highest BCUT2D eigenvalue weighted by Crippen LogP contribution is 2.32. The lowest BCUT2D eigenvalue weighted by Crippen LogP contribution is -1.90. The Morgan fingerprint density at radius 2 is 0.944 bits per heavy atom. The Kier molecular flexibility index (Phi) is 12.4. The maximum Gasteiger partial charge on any atom is 0.100 e. The molecule has 0 fully saturated rings. The second kappa shape index (κ2) is 18.3. The number of benzene rings is 7. The Morgan fingerprint density at radius 3 is 1.48 bits per heavy atom. The molecule has 0 heterocycles. The molecule has 7 aromatic carbocycles. The molecule has 0 aromatic heterocycles. The molecule has 258 valence electrons. The van der Waals surface area contributed by atoms with Crippen LogP contribution in [0, 0.1) is 29.6 Å². The quantitative estimate of drug-likeness (QED) is 0.149. The average Bonchev–Trinajstić information content (AvgIpc) is 3.24. The molecule has 0 saturated heterocycles. The van der Waals surface area contributed by atoms with E-state index in [4.69, 9.17) is 0 Å². The molecule has 0 radical (unpaired) electrons. The lowest BCUT2D eigenvalue weighted by Gasteiger charge is -2.10. The molecule has 0 saturated carbocycles. The van der Waals surface area contributed by atoms with E-state index in [0.29, 0.717) is 5.56 Å². The van der Waals surface area contributed by atoms with E-state index in [0.717, 1.165) is 61.2 Å². The lowest BCUT2D eigenvalue weighted by atomic mass is 9.93. The Hall–Kier alpha value is -7.26. The van der Waals surface area contributed by atoms with E-state index in [2.05, 4.69) is 103 Å². The topological polar surface area (TPSA) is 47.6 Å². The third-order valence-electron chi connectivity index (χ3n) is 9.17. The smallest absolute Gasteiger partial charge is 0.100 e. The highest BCUT2D eigenvalue weighted by molar-refractivity contribution is 5.84. The van der Waals surface area contributed by atoms with E-state index < -0.39 is 0 Å². The fraction of sp³-hybridized carbons (Fsp3) is 0.0385. The minimum Gasteiger partial charge on any atom is -0.192 e. The second-order valence-electron chi connectivity index (χ2n) is 12.7. The summed E-state index contributed by atoms with van der Waals surface area (Å²) in [5.74, 6) is 0. The van der Waals surface area contributed by atoms with Gasteiger partial charge < -0.3 is 0 Å². The van der Waals surface area contributed by atoms with Crippen LogP contribution < -0.4 is 0 Å². The van der Waals surface area contributed by atoms with Crippen molar-refractivity contribution in [2.75, 3.05) is 0 Å². The first-order valence-corrected chi connectivity index (χ1v) is 18.0. The first kappa shape index (κ1) is 36.5. The van der Waals surface area contributed by atoms with Gasteiger partial charge in [0.25, 0.3) is 0 Å². The zero-order chi connectivity index (χ0) is 37.5. The first-order valence-electron chi connectivity index (χ1n) is 18.0. The second-order valence-corrected chi connectivity index (χ2v) is 12.7. The number of hydrogen-bond donors (Lipinski definition) is 0. The number of nitriles is 2. The van der Waals surface area contributed by atoms with Crippen molar-refractivity contribution >= 4 is 11.6 Å². The van der Waals surface area contributed by atoms with Gasteiger partial charge in [-0.3, -0.25) is 0 Å². The van der Waals surface area contributed by atoms with Crippen LogP contribution in [0.4, 0.5) is 0 Å². The SMILES string of the molecule is C\C=C/C=C(\C=C\c1cccc(-c2cccc(-c3ccccc3)c2)c1C#N)c1ccccc1.Cc1cccc(-c2cccc(-c3ccccc3)c2)c1C#N. The van der Waals surface area contributed by atoms with Crippen molar-refractivity contribution in [1.82, 2.24) is 0 Å². The van der Waals surface area contributed by atoms with E-state index >= 15 is 0 Å². The molecular formula is C52H40N2. The van der Waals surface area contributed by atoms with Gasteiger partial charge in [-0.1, -0.05) is 194 Å². The normalized spacial score (nSPS) is 11.1. The molecule has 0 bridgehead atoms. The van der Waals surface area contributed by atoms with Crippen molar-refractivity contribution in [2.45, 2.75) is 13.8 Å². The summed E-state index contributed by atoms with van der Waals surface area (Å²) in [5, 5.41) is 19.5. The van der Waals surface area contributed by atoms with Crippen molar-refractivity contribution in [3.8, 4) is 56.6 Å². The summed E-state index contributed by atoms with van der Waals surface area (Å²) in [7, 11) is 0. The number of allylic oxidation sites excluding steroid dienone is 5. The highest BCUT2D eigenvalue weighted by Gasteiger charge is 2.11. The molecule has 0 unspecified atom stereocenters. The molecular weight excluding hydrogens is 653 g/mol. The average molecular weight is 693 g/mol. The van der Waals surface area contributed by atoms with Gasteiger partial charge in [-0.05, 0) is 87.2 Å². The summed E-state index contributed by atoms with van der Waals surface area (Å²) in [6.45, 7) is 3.98. The molecule has 0 aliphatic carbocycles. The fourth-order valence-electron chi connectivity index (χ4n) is 6.38. The van der Waals surface area contributed by atoms with Crippen LogP contribution >= 0.6 is 0 Å². The van der Waals surface area contributed by atoms with Gasteiger partial charge in [0.05, 0.1) is 11.1 Å². The van der Waals surface area contributed by atoms with Crippen LogP contribution in [0.15, 0.2) is 200 Å². The minimum absolute atomic E-state index is 0.678. The summed E-state index contributed by atoms with van der Waals surface area (Å²) < 4.78 is 0. The predicted molar refractivity (Wildman–Crippen MR) is 227 cm³/mol. The number of rotatable bonds is 8. The molecule has 7 rings (SSSR count). The van der Waals surface area contributed by atoms with Crippen LogP contribution in [-0.2, 0) is 0 Å². The largest absolute Gasteiger partial charge is 0.192 e. The van der Waals surface area contributed by atoms with Gasteiger partial charge in [0.15, 0.2) is 0 Å². The van der Waals surface area contributed by atoms with E-state index in [1.807, 2.05) is 129 Å². The van der Waals surface area contributed by atoms with Gasteiger partial charge in [0, 0.05) is 5.56 Å². The van der Waals surface area contributed by atoms with Crippen LogP contribution in [0.25, 0.3) is 56.2 Å². The van der Waals surface area contributed by atoms with Crippen LogP contribution in [0.5, 0.6) is 0 Å². The maximum atomic E-state index is 10.1. The predicted octanol–water partition coefficient (Wildman–Crippen LogP) is 13.8. The van der Waals surface area contributed by atoms with Gasteiger partial charge >= 0.3 is 0 Å². The summed E-state index contributed by atoms with van der Waals surface area (Å²) in [4.78, 5) is 0. The number of aryl methyl sites for hydroxylation is 1. The Labute approximate surface area is 319 Å². The fourth-order valence-corrected chi connectivity index (χ4v) is 6.38. The highest BCUT2D eigenvalue weighted by atomic mass is 14.3. The lowest BCUT2D eigenvalue weighted by molar-refractivity contribution is 1.39. The van der Waals surface area contributed by atoms with Gasteiger partial charge in [-0.25, -0.2) is 0 Å². The number of nitrogens with zero attached hydrogens (tertiary/aromatic N) is 2. The van der Waals surface area contributed by atoms with Crippen LogP contribution in [-0.4, -0.2) is 0 Å². The van der Waals surface area contributed by atoms with Gasteiger partial charge in [-0.2, -0.15) is 10.5 Å². The molecule has 2 heteroatoms. The third kappa shape index (κ3) is 8.96. The molecule has 0 amide bonds. The standard InChI is InChI=1S/C32H25N.C20H15N/c1-2-3-12-27(25-13-6-4-7-14-25)21-22-28-17-11-20-31(32(28)24-33)30-19-10-18-29(23-30)26-15-8-5-9-16-26;1-15-7-5-12-19(20(15)14-21)18-11-6-10-17(13-18)16-8-3-2-4-9-16/h2-23H,1H3;2-13H,1H3/b3-2-,22-21+,27-12+;. The Balaban J connectivity index is 0.000000203. The molecule has 0 aliphatic rings. The Morgan fingerprint density at radius 1 is 0.481 bits per heavy atom. The van der Waals surface area contributed by atoms with Crippen LogP contribution in [0.1, 0.15) is 34.7 Å². The van der Waals surface area contributed by atoms with E-state index in [1.165, 1.54) is 11.1 Å². The zero-order valence-electron chi connectivity index (χ0n) is 30.5. The molecule has 0 atom stereocenters. The summed E-state index contributed by atoms with van der Waals surface area (Å²) in [6.07, 6.45) is 10.2. The van der Waals surface area contributed by atoms with E-state index in [9.17, 15) is 10.5 Å². The van der Waals surface area contributed by atoms with E-state index in [-0.39, 0.29) is 0 Å². The maximum absolute atomic E-state index is 10.1. The summed E-state index contributed by atoms with van der Waals surface area (Å²) >= 11 is 0. The van der Waals surface area contributed by atoms with Gasteiger partial charge in [0.2, 0.25) is 0 Å². The van der Waals surface area contributed by atoms with Crippen LogP contribution in [0.3, 0.4) is 0 Å². The van der Waals surface area contributed by atoms with Crippen LogP contribution in [0.2, 0.25) is 0 Å². The van der Waals surface area contributed by atoms with Crippen molar-refractivity contribution in [3.63, 3.8) is 0 Å². The molecule has 7 aromatic rings. The van der Waals surface area contributed by atoms with Crippen molar-refractivity contribution in [3.05, 3.63) is 228 Å². The first-order chi connectivity index (χ1) is 26.6. The van der Waals surface area contributed by atoms with Crippen molar-refractivity contribution in [2.24, 2.45) is 0 Å². The molecule has 54 heavy (non-hydrogen) atoms. The molecule has 0 spiro atoms. The van der Waals surface area contributed by atoms with Gasteiger partial charge in [0.1, 0.15) is 12.1 Å². The Bertz CT molecular complexity index is 2510. The molecule has 0 N–H and O–H groups in total. The molecule has 2 nitrogen and oxygen atoms in total. The molecule has 0 aliphatic heterocycles. The van der Waals surface area contributed by atoms with Crippen molar-refractivity contribution in [1.29, 1.82) is 10.5 Å².